The number of tetrazole rings is 1. The molecular weight excluding hydrogens is 424 g/mol. The molecule has 0 aliphatic carbocycles. The molecule has 1 atom stereocenters. The van der Waals surface area contributed by atoms with Crippen LogP contribution in [-0.2, 0) is 6.54 Å². The Balaban J connectivity index is 1.41. The summed E-state index contributed by atoms with van der Waals surface area (Å²) in [6.45, 7) is 6.44. The maximum atomic E-state index is 5.42. The van der Waals surface area contributed by atoms with Crippen LogP contribution < -0.4 is 9.64 Å². The number of methoxy groups -OCH3 is 1. The van der Waals surface area contributed by atoms with E-state index in [1.165, 1.54) is 22.4 Å². The van der Waals surface area contributed by atoms with Crippen LogP contribution in [0.2, 0.25) is 0 Å². The monoisotopic (exact) mass is 454 g/mol. The lowest BCUT2D eigenvalue weighted by atomic mass is 10.0. The molecule has 5 rings (SSSR count). The third-order valence-electron chi connectivity index (χ3n) is 6.47. The number of hydrogen-bond acceptors (Lipinski definition) is 6. The second-order valence-corrected chi connectivity index (χ2v) is 8.72. The first-order chi connectivity index (χ1) is 16.7. The van der Waals surface area contributed by atoms with Crippen molar-refractivity contribution in [1.82, 2.24) is 25.1 Å². The molecule has 7 nitrogen and oxygen atoms in total. The summed E-state index contributed by atoms with van der Waals surface area (Å²) in [5.41, 5.74) is 4.83. The maximum Gasteiger partial charge on any atom is 0.173 e. The zero-order valence-electron chi connectivity index (χ0n) is 19.7. The number of rotatable bonds is 7. The second kappa shape index (κ2) is 10.1. The Morgan fingerprint density at radius 1 is 0.882 bits per heavy atom. The standard InChI is InChI=1S/C27H30N6O/c1-21-11-13-23(14-12-21)26(27-28-29-30-33(27)20-22-7-4-3-5-8-22)32-17-15-31(16-18-32)24-9-6-10-25(19-24)34-2/h3-14,19,26H,15-18,20H2,1-2H3. The molecule has 1 fully saturated rings. The van der Waals surface area contributed by atoms with Gasteiger partial charge in [-0.05, 0) is 40.6 Å². The van der Waals surface area contributed by atoms with Gasteiger partial charge in [0.15, 0.2) is 5.82 Å². The number of aryl methyl sites for hydroxylation is 1. The molecule has 1 aromatic heterocycles. The molecule has 1 unspecified atom stereocenters. The zero-order valence-corrected chi connectivity index (χ0v) is 19.7. The van der Waals surface area contributed by atoms with Crippen molar-refractivity contribution in [3.63, 3.8) is 0 Å². The van der Waals surface area contributed by atoms with Gasteiger partial charge in [-0.15, -0.1) is 5.10 Å². The number of benzene rings is 3. The number of hydrogen-bond donors (Lipinski definition) is 0. The first kappa shape index (κ1) is 22.1. The van der Waals surface area contributed by atoms with Crippen molar-refractivity contribution in [3.8, 4) is 5.75 Å². The van der Waals surface area contributed by atoms with Gasteiger partial charge in [-0.1, -0.05) is 66.2 Å². The van der Waals surface area contributed by atoms with Crippen molar-refractivity contribution in [2.75, 3.05) is 38.2 Å². The summed E-state index contributed by atoms with van der Waals surface area (Å²) in [6, 6.07) is 27.4. The molecular formula is C27H30N6O. The second-order valence-electron chi connectivity index (χ2n) is 8.72. The van der Waals surface area contributed by atoms with Crippen LogP contribution in [0.3, 0.4) is 0 Å². The van der Waals surface area contributed by atoms with Crippen LogP contribution in [0.4, 0.5) is 5.69 Å². The first-order valence-corrected chi connectivity index (χ1v) is 11.7. The summed E-state index contributed by atoms with van der Waals surface area (Å²) >= 11 is 0. The fourth-order valence-corrected chi connectivity index (χ4v) is 4.59. The molecule has 0 amide bonds. The Kier molecular flexibility index (Phi) is 6.53. The van der Waals surface area contributed by atoms with Gasteiger partial charge >= 0.3 is 0 Å². The average molecular weight is 455 g/mol. The highest BCUT2D eigenvalue weighted by molar-refractivity contribution is 5.51. The van der Waals surface area contributed by atoms with E-state index in [0.29, 0.717) is 6.54 Å². The van der Waals surface area contributed by atoms with Gasteiger partial charge in [0, 0.05) is 37.9 Å². The van der Waals surface area contributed by atoms with Crippen LogP contribution in [-0.4, -0.2) is 58.4 Å². The van der Waals surface area contributed by atoms with Gasteiger partial charge in [0.2, 0.25) is 0 Å². The van der Waals surface area contributed by atoms with E-state index >= 15 is 0 Å². The third-order valence-corrected chi connectivity index (χ3v) is 6.47. The Morgan fingerprint density at radius 3 is 2.38 bits per heavy atom. The summed E-state index contributed by atoms with van der Waals surface area (Å²) in [7, 11) is 1.71. The molecule has 1 saturated heterocycles. The molecule has 1 aliphatic rings. The van der Waals surface area contributed by atoms with E-state index in [0.717, 1.165) is 37.8 Å². The number of piperazine rings is 1. The summed E-state index contributed by atoms with van der Waals surface area (Å²) in [6.07, 6.45) is 0. The van der Waals surface area contributed by atoms with Gasteiger partial charge in [-0.2, -0.15) is 0 Å². The van der Waals surface area contributed by atoms with Gasteiger partial charge in [0.05, 0.1) is 19.7 Å². The topological polar surface area (TPSA) is 59.3 Å². The summed E-state index contributed by atoms with van der Waals surface area (Å²) in [4.78, 5) is 4.91. The van der Waals surface area contributed by atoms with Crippen LogP contribution in [0.1, 0.15) is 28.6 Å². The van der Waals surface area contributed by atoms with Crippen LogP contribution in [0, 0.1) is 6.92 Å². The number of aromatic nitrogens is 4. The summed E-state index contributed by atoms with van der Waals surface area (Å²) in [5.74, 6) is 1.76. The van der Waals surface area contributed by atoms with Crippen molar-refractivity contribution in [2.45, 2.75) is 19.5 Å². The van der Waals surface area contributed by atoms with Crippen molar-refractivity contribution in [3.05, 3.63) is 101 Å². The smallest absolute Gasteiger partial charge is 0.173 e. The third kappa shape index (κ3) is 4.79. The Morgan fingerprint density at radius 2 is 1.65 bits per heavy atom. The van der Waals surface area contributed by atoms with Crippen LogP contribution in [0.5, 0.6) is 5.75 Å². The molecule has 0 spiro atoms. The predicted molar refractivity (Wildman–Crippen MR) is 133 cm³/mol. The van der Waals surface area contributed by atoms with E-state index in [2.05, 4.69) is 92.9 Å². The van der Waals surface area contributed by atoms with E-state index in [4.69, 9.17) is 4.74 Å². The minimum Gasteiger partial charge on any atom is -0.497 e. The van der Waals surface area contributed by atoms with Crippen LogP contribution in [0.25, 0.3) is 0 Å². The minimum absolute atomic E-state index is 0.00762. The molecule has 1 aliphatic heterocycles. The predicted octanol–water partition coefficient (Wildman–Crippen LogP) is 3.95. The lowest BCUT2D eigenvalue weighted by Crippen LogP contribution is -2.48. The van der Waals surface area contributed by atoms with Crippen molar-refractivity contribution < 1.29 is 4.74 Å². The highest BCUT2D eigenvalue weighted by atomic mass is 16.5. The van der Waals surface area contributed by atoms with Crippen LogP contribution >= 0.6 is 0 Å². The SMILES string of the molecule is COc1cccc(N2CCN(C(c3ccc(C)cc3)c3nnnn3Cc3ccccc3)CC2)c1. The van der Waals surface area contributed by atoms with Crippen LogP contribution in [0.15, 0.2) is 78.9 Å². The summed E-state index contributed by atoms with van der Waals surface area (Å²) in [5, 5.41) is 12.9. The number of anilines is 1. The summed E-state index contributed by atoms with van der Waals surface area (Å²) < 4.78 is 7.36. The van der Waals surface area contributed by atoms with Crippen molar-refractivity contribution in [2.24, 2.45) is 0 Å². The number of ether oxygens (including phenoxy) is 1. The maximum absolute atomic E-state index is 5.42. The molecule has 34 heavy (non-hydrogen) atoms. The lowest BCUT2D eigenvalue weighted by Gasteiger charge is -2.40. The molecule has 0 saturated carbocycles. The van der Waals surface area contributed by atoms with E-state index in [1.54, 1.807) is 7.11 Å². The Labute approximate surface area is 200 Å². The molecule has 2 heterocycles. The fourth-order valence-electron chi connectivity index (χ4n) is 4.59. The lowest BCUT2D eigenvalue weighted by molar-refractivity contribution is 0.201. The van der Waals surface area contributed by atoms with Gasteiger partial charge in [-0.25, -0.2) is 4.68 Å². The largest absolute Gasteiger partial charge is 0.497 e. The Hall–Kier alpha value is -3.71. The zero-order chi connectivity index (χ0) is 23.3. The highest BCUT2D eigenvalue weighted by Gasteiger charge is 2.30. The molecule has 7 heteroatoms. The van der Waals surface area contributed by atoms with E-state index < -0.39 is 0 Å². The molecule has 0 bridgehead atoms. The fraction of sp³-hybridized carbons (Fsp3) is 0.296. The van der Waals surface area contributed by atoms with Crippen molar-refractivity contribution >= 4 is 5.69 Å². The molecule has 0 radical (unpaired) electrons. The molecule has 3 aromatic carbocycles. The van der Waals surface area contributed by atoms with Crippen molar-refractivity contribution in [1.29, 1.82) is 0 Å². The van der Waals surface area contributed by atoms with Gasteiger partial charge in [0.1, 0.15) is 5.75 Å². The average Bonchev–Trinajstić information content (AvgIpc) is 3.34. The first-order valence-electron chi connectivity index (χ1n) is 11.7. The normalized spacial score (nSPS) is 15.3. The van der Waals surface area contributed by atoms with E-state index in [9.17, 15) is 0 Å². The van der Waals surface area contributed by atoms with E-state index in [1.807, 2.05) is 22.9 Å². The quantitative estimate of drug-likeness (QED) is 0.421. The van der Waals surface area contributed by atoms with Gasteiger partial charge in [0.25, 0.3) is 0 Å². The van der Waals surface area contributed by atoms with Gasteiger partial charge in [-0.3, -0.25) is 4.90 Å². The minimum atomic E-state index is -0.00762. The van der Waals surface area contributed by atoms with Gasteiger partial charge < -0.3 is 9.64 Å². The highest BCUT2D eigenvalue weighted by Crippen LogP contribution is 2.30. The van der Waals surface area contributed by atoms with E-state index in [-0.39, 0.29) is 6.04 Å². The molecule has 174 valence electrons. The molecule has 0 N–H and O–H groups in total. The Bertz CT molecular complexity index is 1200. The molecule has 4 aromatic rings. The number of nitrogens with zero attached hydrogens (tertiary/aromatic N) is 6.